The highest BCUT2D eigenvalue weighted by molar-refractivity contribution is 7.09. The SMILES string of the molecule is CC(C)C[C@H](NC(=O)[C@H](CCCN=C(N)N[N+](=O)O)NC(=O)CCc1cccs1)B1O[C@@H]2C[C@@H]3C[C@@H](C3(C)C)[C@]2(C)O1. The third-order valence-electron chi connectivity index (χ3n) is 9.32. The Morgan fingerprint density at radius 1 is 1.29 bits per heavy atom. The highest BCUT2D eigenvalue weighted by Gasteiger charge is 2.68. The van der Waals surface area contributed by atoms with Crippen molar-refractivity contribution in [1.82, 2.24) is 16.1 Å². The van der Waals surface area contributed by atoms with Crippen LogP contribution < -0.4 is 21.8 Å². The van der Waals surface area contributed by atoms with Crippen molar-refractivity contribution in [1.29, 1.82) is 0 Å². The number of carbonyl (C=O) groups is 2. The molecule has 42 heavy (non-hydrogen) atoms. The van der Waals surface area contributed by atoms with Crippen molar-refractivity contribution in [2.45, 2.75) is 103 Å². The first-order chi connectivity index (χ1) is 19.8. The van der Waals surface area contributed by atoms with Crippen LogP contribution in [-0.2, 0) is 25.3 Å². The number of aliphatic imine (C=N–C) groups is 1. The topological polar surface area (TPSA) is 167 Å². The van der Waals surface area contributed by atoms with Gasteiger partial charge in [-0.1, -0.05) is 33.8 Å². The summed E-state index contributed by atoms with van der Waals surface area (Å²) in [7, 11) is -0.569. The molecule has 1 aliphatic heterocycles. The predicted octanol–water partition coefficient (Wildman–Crippen LogP) is 2.73. The normalized spacial score (nSPS) is 27.5. The number of aryl methyl sites for hydroxylation is 1. The number of nitrogens with zero attached hydrogens (tertiary/aromatic N) is 2. The van der Waals surface area contributed by atoms with E-state index in [-0.39, 0.29) is 54.1 Å². The zero-order valence-electron chi connectivity index (χ0n) is 25.3. The molecule has 232 valence electrons. The van der Waals surface area contributed by atoms with E-state index in [1.54, 1.807) is 11.3 Å². The Morgan fingerprint density at radius 3 is 2.69 bits per heavy atom. The smallest absolute Gasteiger partial charge is 0.404 e. The maximum Gasteiger partial charge on any atom is 0.481 e. The van der Waals surface area contributed by atoms with E-state index in [2.05, 4.69) is 50.2 Å². The van der Waals surface area contributed by atoms with Gasteiger partial charge in [0.1, 0.15) is 10.9 Å². The van der Waals surface area contributed by atoms with E-state index in [4.69, 9.17) is 20.2 Å². The van der Waals surface area contributed by atoms with Crippen LogP contribution in [0.1, 0.15) is 78.0 Å². The molecule has 2 heterocycles. The van der Waals surface area contributed by atoms with Crippen molar-refractivity contribution in [2.75, 3.05) is 6.54 Å². The molecule has 4 fully saturated rings. The Hall–Kier alpha value is -2.71. The number of hydrogen-bond donors (Lipinski definition) is 5. The van der Waals surface area contributed by atoms with E-state index in [0.29, 0.717) is 37.5 Å². The summed E-state index contributed by atoms with van der Waals surface area (Å²) in [5.41, 5.74) is 7.28. The van der Waals surface area contributed by atoms with Gasteiger partial charge in [-0.3, -0.25) is 9.59 Å². The molecule has 12 nitrogen and oxygen atoms in total. The standard InChI is InChI=1S/C28H45BN6O6S/c1-17(2)14-23(29-40-22-16-18-15-21(27(18,3)4)28(22,5)41-29)33-25(37)20(9-6-12-31-26(30)34-35(38)39)32-24(36)11-10-19-8-7-13-42-19/h7-8,13,17-18,20-23H,6,9-12,14-16H2,1-5H3,(H5-,30,31,32,33,34,36,37,38,39)/p+1/t18-,20-,21-,22+,23-,28-/m0/s1. The van der Waals surface area contributed by atoms with Crippen LogP contribution in [0.15, 0.2) is 22.5 Å². The van der Waals surface area contributed by atoms with E-state index in [0.717, 1.165) is 17.7 Å². The quantitative estimate of drug-likeness (QED) is 0.0710. The summed E-state index contributed by atoms with van der Waals surface area (Å²) in [4.78, 5) is 42.4. The molecule has 0 unspecified atom stereocenters. The van der Waals surface area contributed by atoms with Crippen LogP contribution in [0.25, 0.3) is 0 Å². The first-order valence-corrected chi connectivity index (χ1v) is 15.9. The van der Waals surface area contributed by atoms with Gasteiger partial charge < -0.3 is 25.7 Å². The van der Waals surface area contributed by atoms with Gasteiger partial charge in [0, 0.05) is 17.8 Å². The lowest BCUT2D eigenvalue weighted by Gasteiger charge is -2.64. The fourth-order valence-electron chi connectivity index (χ4n) is 6.96. The molecule has 14 heteroatoms. The zero-order valence-corrected chi connectivity index (χ0v) is 26.1. The molecule has 0 radical (unpaired) electrons. The summed E-state index contributed by atoms with van der Waals surface area (Å²) in [5.74, 6) is 0.150. The number of rotatable bonds is 14. The molecule has 3 aliphatic carbocycles. The Labute approximate surface area is 252 Å². The Balaban J connectivity index is 1.42. The van der Waals surface area contributed by atoms with E-state index in [1.807, 2.05) is 22.9 Å². The molecule has 2 bridgehead atoms. The van der Waals surface area contributed by atoms with Crippen LogP contribution in [-0.4, -0.2) is 65.4 Å². The van der Waals surface area contributed by atoms with Crippen LogP contribution in [0, 0.1) is 28.1 Å². The molecule has 0 aromatic carbocycles. The second-order valence-corrected chi connectivity index (χ2v) is 14.1. The van der Waals surface area contributed by atoms with Gasteiger partial charge in [-0.2, -0.15) is 0 Å². The average Bonchev–Trinajstić information content (AvgIpc) is 3.55. The second-order valence-electron chi connectivity index (χ2n) is 13.1. The molecule has 2 amide bonds. The van der Waals surface area contributed by atoms with E-state index >= 15 is 0 Å². The van der Waals surface area contributed by atoms with Crippen molar-refractivity contribution < 1.29 is 29.1 Å². The predicted molar refractivity (Wildman–Crippen MR) is 160 cm³/mol. The third kappa shape index (κ3) is 7.43. The minimum atomic E-state index is -0.806. The molecule has 1 aromatic heterocycles. The summed E-state index contributed by atoms with van der Waals surface area (Å²) in [6.45, 7) is 11.2. The lowest BCUT2D eigenvalue weighted by atomic mass is 9.43. The molecular formula is C28H46BN6O6S+. The second kappa shape index (κ2) is 13.3. The lowest BCUT2D eigenvalue weighted by molar-refractivity contribution is -0.822. The highest BCUT2D eigenvalue weighted by Crippen LogP contribution is 2.65. The van der Waals surface area contributed by atoms with Crippen molar-refractivity contribution in [3.63, 3.8) is 0 Å². The number of amides is 2. The Bertz CT molecular complexity index is 1150. The van der Waals surface area contributed by atoms with Gasteiger partial charge in [0.25, 0.3) is 5.96 Å². The fraction of sp³-hybridized carbons (Fsp3) is 0.750. The van der Waals surface area contributed by atoms with E-state index in [1.165, 1.54) is 0 Å². The number of hydrogen-bond acceptors (Lipinski definition) is 7. The largest absolute Gasteiger partial charge is 0.481 e. The minimum Gasteiger partial charge on any atom is -0.404 e. The number of carbonyl (C=O) groups excluding carboxylic acids is 2. The van der Waals surface area contributed by atoms with Crippen LogP contribution in [0.5, 0.6) is 0 Å². The minimum absolute atomic E-state index is 0.000476. The summed E-state index contributed by atoms with van der Waals surface area (Å²) in [6, 6.07) is 3.12. The summed E-state index contributed by atoms with van der Waals surface area (Å²) >= 11 is 1.59. The Kier molecular flexibility index (Phi) is 10.2. The third-order valence-corrected chi connectivity index (χ3v) is 10.3. The maximum absolute atomic E-state index is 13.7. The van der Waals surface area contributed by atoms with Gasteiger partial charge in [0.05, 0.1) is 17.6 Å². The van der Waals surface area contributed by atoms with Crippen LogP contribution in [0.2, 0.25) is 0 Å². The van der Waals surface area contributed by atoms with E-state index in [9.17, 15) is 14.5 Å². The molecule has 0 spiro atoms. The summed E-state index contributed by atoms with van der Waals surface area (Å²) < 4.78 is 13.2. The molecular weight excluding hydrogens is 559 g/mol. The van der Waals surface area contributed by atoms with Gasteiger partial charge in [-0.05, 0) is 85.5 Å². The summed E-state index contributed by atoms with van der Waals surface area (Å²) in [5, 5.41) is 16.2. The maximum atomic E-state index is 13.7. The zero-order chi connectivity index (χ0) is 30.7. The van der Waals surface area contributed by atoms with Crippen LogP contribution >= 0.6 is 11.3 Å². The first kappa shape index (κ1) is 32.2. The molecule has 1 aromatic rings. The lowest BCUT2D eigenvalue weighted by Crippen LogP contribution is -2.65. The highest BCUT2D eigenvalue weighted by atomic mass is 32.1. The molecule has 6 N–H and O–H groups in total. The van der Waals surface area contributed by atoms with Crippen molar-refractivity contribution in [3.8, 4) is 0 Å². The summed E-state index contributed by atoms with van der Waals surface area (Å²) in [6.07, 6.45) is 4.32. The molecule has 5 rings (SSSR count). The number of nitrogens with two attached hydrogens (primary N) is 1. The fourth-order valence-corrected chi connectivity index (χ4v) is 7.66. The van der Waals surface area contributed by atoms with Crippen LogP contribution in [0.3, 0.4) is 0 Å². The monoisotopic (exact) mass is 605 g/mol. The molecule has 4 aliphatic rings. The number of nitrogens with one attached hydrogen (secondary N) is 3. The molecule has 3 saturated carbocycles. The van der Waals surface area contributed by atoms with Crippen molar-refractivity contribution in [2.24, 2.45) is 33.9 Å². The molecule has 6 atom stereocenters. The number of thiophene rings is 1. The Morgan fingerprint density at radius 2 is 2.05 bits per heavy atom. The first-order valence-electron chi connectivity index (χ1n) is 15.0. The van der Waals surface area contributed by atoms with Crippen LogP contribution in [0.4, 0.5) is 0 Å². The van der Waals surface area contributed by atoms with Gasteiger partial charge >= 0.3 is 12.2 Å². The number of hydrazine groups is 1. The van der Waals surface area contributed by atoms with Gasteiger partial charge in [0.2, 0.25) is 11.8 Å². The average molecular weight is 606 g/mol. The van der Waals surface area contributed by atoms with E-state index < -0.39 is 23.8 Å². The van der Waals surface area contributed by atoms with Gasteiger partial charge in [-0.25, -0.2) is 10.2 Å². The number of guanidine groups is 1. The van der Waals surface area contributed by atoms with Gasteiger partial charge in [0.15, 0.2) is 0 Å². The van der Waals surface area contributed by atoms with Crippen molar-refractivity contribution in [3.05, 3.63) is 27.3 Å². The van der Waals surface area contributed by atoms with Gasteiger partial charge in [-0.15, -0.1) is 11.3 Å². The molecule has 1 saturated heterocycles. The van der Waals surface area contributed by atoms with Crippen molar-refractivity contribution >= 4 is 36.2 Å².